The van der Waals surface area contributed by atoms with Crippen LogP contribution in [0.5, 0.6) is 0 Å². The number of hydrogen-bond acceptors (Lipinski definition) is 6. The van der Waals surface area contributed by atoms with E-state index >= 15 is 0 Å². The molecule has 1 aliphatic rings. The highest BCUT2D eigenvalue weighted by Crippen LogP contribution is 2.28. The Bertz CT molecular complexity index is 771. The second kappa shape index (κ2) is 7.78. The van der Waals surface area contributed by atoms with Gasteiger partial charge in [-0.05, 0) is 36.6 Å². The van der Waals surface area contributed by atoms with Gasteiger partial charge in [-0.2, -0.15) is 4.98 Å². The second-order valence-corrected chi connectivity index (χ2v) is 6.74. The summed E-state index contributed by atoms with van der Waals surface area (Å²) in [5, 5.41) is 3.18. The molecule has 26 heavy (non-hydrogen) atoms. The Morgan fingerprint density at radius 3 is 2.85 bits per heavy atom. The second-order valence-electron chi connectivity index (χ2n) is 6.74. The highest BCUT2D eigenvalue weighted by atomic mass is 19.1. The van der Waals surface area contributed by atoms with Crippen LogP contribution in [0, 0.1) is 11.7 Å². The SMILES string of the molecule is CC(C)[C@H]1COC(C=O)N1c1ccnc(N[C@@H](C)c2cccc(F)c2)n1. The van der Waals surface area contributed by atoms with Crippen molar-refractivity contribution in [3.63, 3.8) is 0 Å². The molecular formula is C19H23FN4O2. The maximum atomic E-state index is 13.4. The third-order valence-corrected chi connectivity index (χ3v) is 4.55. The van der Waals surface area contributed by atoms with Crippen molar-refractivity contribution in [3.05, 3.63) is 47.9 Å². The minimum atomic E-state index is -0.647. The van der Waals surface area contributed by atoms with Gasteiger partial charge in [-0.1, -0.05) is 26.0 Å². The molecule has 1 N–H and O–H groups in total. The van der Waals surface area contributed by atoms with E-state index in [9.17, 15) is 9.18 Å². The Hall–Kier alpha value is -2.54. The number of hydrogen-bond donors (Lipinski definition) is 1. The summed E-state index contributed by atoms with van der Waals surface area (Å²) in [7, 11) is 0. The number of nitrogens with zero attached hydrogens (tertiary/aromatic N) is 3. The van der Waals surface area contributed by atoms with E-state index in [0.29, 0.717) is 24.3 Å². The van der Waals surface area contributed by atoms with Crippen molar-refractivity contribution in [1.82, 2.24) is 9.97 Å². The standard InChI is InChI=1S/C19H23FN4O2/c1-12(2)16-11-26-18(10-25)24(16)17-7-8-21-19(23-17)22-13(3)14-5-4-6-15(20)9-14/h4-10,12-13,16,18H,11H2,1-3H3,(H,21,22,23)/t13-,16+,18?/m0/s1. The van der Waals surface area contributed by atoms with E-state index < -0.39 is 6.23 Å². The van der Waals surface area contributed by atoms with Crippen LogP contribution in [0.15, 0.2) is 36.5 Å². The van der Waals surface area contributed by atoms with Gasteiger partial charge >= 0.3 is 0 Å². The van der Waals surface area contributed by atoms with E-state index in [1.54, 1.807) is 18.3 Å². The molecule has 0 amide bonds. The molecule has 1 aromatic heterocycles. The Morgan fingerprint density at radius 2 is 2.15 bits per heavy atom. The summed E-state index contributed by atoms with van der Waals surface area (Å²) in [5.41, 5.74) is 0.800. The summed E-state index contributed by atoms with van der Waals surface area (Å²) >= 11 is 0. The van der Waals surface area contributed by atoms with Gasteiger partial charge in [0, 0.05) is 6.20 Å². The van der Waals surface area contributed by atoms with E-state index in [1.807, 2.05) is 17.9 Å². The number of rotatable bonds is 6. The molecule has 1 saturated heterocycles. The predicted molar refractivity (Wildman–Crippen MR) is 97.4 cm³/mol. The molecule has 138 valence electrons. The van der Waals surface area contributed by atoms with Crippen LogP contribution in [0.2, 0.25) is 0 Å². The molecule has 7 heteroatoms. The van der Waals surface area contributed by atoms with Gasteiger partial charge in [0.05, 0.1) is 18.7 Å². The number of carbonyl (C=O) groups is 1. The van der Waals surface area contributed by atoms with Crippen LogP contribution in [0.4, 0.5) is 16.2 Å². The molecule has 1 fully saturated rings. The minimum absolute atomic E-state index is 0.0635. The van der Waals surface area contributed by atoms with Crippen molar-refractivity contribution >= 4 is 18.1 Å². The number of carbonyl (C=O) groups excluding carboxylic acids is 1. The predicted octanol–water partition coefficient (Wildman–Crippen LogP) is 3.18. The summed E-state index contributed by atoms with van der Waals surface area (Å²) in [4.78, 5) is 22.1. The van der Waals surface area contributed by atoms with Crippen LogP contribution in [-0.4, -0.2) is 35.1 Å². The van der Waals surface area contributed by atoms with Crippen molar-refractivity contribution < 1.29 is 13.9 Å². The summed E-state index contributed by atoms with van der Waals surface area (Å²) in [5.74, 6) is 1.06. The van der Waals surface area contributed by atoms with Gasteiger partial charge in [0.25, 0.3) is 0 Å². The van der Waals surface area contributed by atoms with Crippen LogP contribution in [0.25, 0.3) is 0 Å². The number of aromatic nitrogens is 2. The molecule has 1 aromatic carbocycles. The Morgan fingerprint density at radius 1 is 1.35 bits per heavy atom. The highest BCUT2D eigenvalue weighted by molar-refractivity contribution is 5.64. The average molecular weight is 358 g/mol. The monoisotopic (exact) mass is 358 g/mol. The molecular weight excluding hydrogens is 335 g/mol. The van der Waals surface area contributed by atoms with Crippen molar-refractivity contribution in [2.45, 2.75) is 39.1 Å². The number of ether oxygens (including phenoxy) is 1. The molecule has 0 spiro atoms. The summed E-state index contributed by atoms with van der Waals surface area (Å²) in [6.07, 6.45) is 1.78. The molecule has 3 atom stereocenters. The lowest BCUT2D eigenvalue weighted by Gasteiger charge is -2.29. The third kappa shape index (κ3) is 3.83. The topological polar surface area (TPSA) is 67.3 Å². The van der Waals surface area contributed by atoms with Gasteiger partial charge in [0.15, 0.2) is 12.5 Å². The van der Waals surface area contributed by atoms with Crippen LogP contribution in [-0.2, 0) is 9.53 Å². The zero-order valence-electron chi connectivity index (χ0n) is 15.1. The lowest BCUT2D eigenvalue weighted by Crippen LogP contribution is -2.41. The highest BCUT2D eigenvalue weighted by Gasteiger charge is 2.37. The smallest absolute Gasteiger partial charge is 0.225 e. The molecule has 0 radical (unpaired) electrons. The fourth-order valence-corrected chi connectivity index (χ4v) is 3.08. The largest absolute Gasteiger partial charge is 0.349 e. The zero-order chi connectivity index (χ0) is 18.7. The molecule has 3 rings (SSSR count). The number of aldehydes is 1. The molecule has 6 nitrogen and oxygen atoms in total. The summed E-state index contributed by atoms with van der Waals surface area (Å²) in [6.45, 7) is 6.56. The molecule has 0 saturated carbocycles. The van der Waals surface area contributed by atoms with Gasteiger partial charge in [-0.15, -0.1) is 0 Å². The van der Waals surface area contributed by atoms with Crippen molar-refractivity contribution in [3.8, 4) is 0 Å². The van der Waals surface area contributed by atoms with E-state index in [-0.39, 0.29) is 17.9 Å². The summed E-state index contributed by atoms with van der Waals surface area (Å²) in [6, 6.07) is 8.06. The number of anilines is 2. The molecule has 0 bridgehead atoms. The quantitative estimate of drug-likeness (QED) is 0.800. The molecule has 1 unspecified atom stereocenters. The lowest BCUT2D eigenvalue weighted by molar-refractivity contribution is -0.115. The average Bonchev–Trinajstić information content (AvgIpc) is 3.06. The van der Waals surface area contributed by atoms with E-state index in [2.05, 4.69) is 29.1 Å². The van der Waals surface area contributed by atoms with Crippen LogP contribution < -0.4 is 10.2 Å². The first-order valence-corrected chi connectivity index (χ1v) is 8.70. The van der Waals surface area contributed by atoms with E-state index in [4.69, 9.17) is 4.74 Å². The molecule has 0 aliphatic carbocycles. The maximum absolute atomic E-state index is 13.4. The van der Waals surface area contributed by atoms with Crippen LogP contribution in [0.3, 0.4) is 0 Å². The number of halogens is 1. The van der Waals surface area contributed by atoms with Crippen molar-refractivity contribution in [1.29, 1.82) is 0 Å². The van der Waals surface area contributed by atoms with E-state index in [0.717, 1.165) is 11.8 Å². The first-order valence-electron chi connectivity index (χ1n) is 8.70. The van der Waals surface area contributed by atoms with Crippen LogP contribution in [0.1, 0.15) is 32.4 Å². The van der Waals surface area contributed by atoms with Gasteiger partial charge in [0.2, 0.25) is 5.95 Å². The first kappa shape index (κ1) is 18.3. The van der Waals surface area contributed by atoms with Crippen molar-refractivity contribution in [2.24, 2.45) is 5.92 Å². The minimum Gasteiger partial charge on any atom is -0.349 e. The van der Waals surface area contributed by atoms with Gasteiger partial charge in [0.1, 0.15) is 11.6 Å². The number of nitrogens with one attached hydrogen (secondary N) is 1. The van der Waals surface area contributed by atoms with Gasteiger partial charge in [-0.3, -0.25) is 4.79 Å². The van der Waals surface area contributed by atoms with Gasteiger partial charge in [-0.25, -0.2) is 9.37 Å². The molecule has 1 aliphatic heterocycles. The Kier molecular flexibility index (Phi) is 5.46. The number of benzene rings is 1. The van der Waals surface area contributed by atoms with Crippen molar-refractivity contribution in [2.75, 3.05) is 16.8 Å². The lowest BCUT2D eigenvalue weighted by atomic mass is 10.0. The molecule has 2 heterocycles. The summed E-state index contributed by atoms with van der Waals surface area (Å²) < 4.78 is 19.0. The normalized spacial score (nSPS) is 21.0. The Labute approximate surface area is 152 Å². The maximum Gasteiger partial charge on any atom is 0.225 e. The van der Waals surface area contributed by atoms with E-state index in [1.165, 1.54) is 12.1 Å². The van der Waals surface area contributed by atoms with Gasteiger partial charge < -0.3 is 15.0 Å². The fourth-order valence-electron chi connectivity index (χ4n) is 3.08. The van der Waals surface area contributed by atoms with Crippen LogP contribution >= 0.6 is 0 Å². The Balaban J connectivity index is 1.82. The third-order valence-electron chi connectivity index (χ3n) is 4.55. The first-order chi connectivity index (χ1) is 12.5. The molecule has 2 aromatic rings. The fraction of sp³-hybridized carbons (Fsp3) is 0.421. The zero-order valence-corrected chi connectivity index (χ0v) is 15.1.